The van der Waals surface area contributed by atoms with Crippen LogP contribution in [0.25, 0.3) is 0 Å². The summed E-state index contributed by atoms with van der Waals surface area (Å²) in [5, 5.41) is 5.17. The minimum Gasteiger partial charge on any atom is -0.368 e. The summed E-state index contributed by atoms with van der Waals surface area (Å²) >= 11 is 0. The minimum atomic E-state index is -0.774. The van der Waals surface area contributed by atoms with Crippen molar-refractivity contribution in [2.75, 3.05) is 36.4 Å². The summed E-state index contributed by atoms with van der Waals surface area (Å²) in [5.74, 6) is -0.974. The lowest BCUT2D eigenvalue weighted by Crippen LogP contribution is -2.54. The molecule has 2 aromatic rings. The van der Waals surface area contributed by atoms with Gasteiger partial charge < -0.3 is 20.4 Å². The molecule has 0 radical (unpaired) electrons. The molecule has 1 aliphatic rings. The van der Waals surface area contributed by atoms with E-state index in [1.165, 1.54) is 12.1 Å². The molecule has 0 bridgehead atoms. The smallest absolute Gasteiger partial charge is 0.318 e. The highest BCUT2D eigenvalue weighted by molar-refractivity contribution is 5.96. The van der Waals surface area contributed by atoms with E-state index in [4.69, 9.17) is 0 Å². The Balaban J connectivity index is 1.49. The van der Waals surface area contributed by atoms with Gasteiger partial charge >= 0.3 is 6.03 Å². The van der Waals surface area contributed by atoms with Gasteiger partial charge in [0.2, 0.25) is 5.91 Å². The molecule has 0 aliphatic carbocycles. The lowest BCUT2D eigenvalue weighted by molar-refractivity contribution is -0.117. The molecule has 1 saturated heterocycles. The maximum absolute atomic E-state index is 13.6. The Bertz CT molecular complexity index is 792. The standard InChI is InChI=1S/C20H23FN4O2/c1-15(19(26)23-18-10-6-5-9-17(18)21)22-20(27)25-13-11-24(12-14-25)16-7-3-2-4-8-16/h2-10,15H,11-14H2,1H3,(H,22,27)(H,23,26)/t15-/m0/s1. The van der Waals surface area contributed by atoms with E-state index in [9.17, 15) is 14.0 Å². The third-order valence-electron chi connectivity index (χ3n) is 4.55. The maximum Gasteiger partial charge on any atom is 0.318 e. The summed E-state index contributed by atoms with van der Waals surface area (Å²) in [7, 11) is 0. The van der Waals surface area contributed by atoms with Gasteiger partial charge in [0.05, 0.1) is 5.69 Å². The van der Waals surface area contributed by atoms with E-state index in [0.29, 0.717) is 13.1 Å². The average molecular weight is 370 g/mol. The third kappa shape index (κ3) is 4.75. The molecule has 27 heavy (non-hydrogen) atoms. The number of anilines is 2. The lowest BCUT2D eigenvalue weighted by Gasteiger charge is -2.36. The van der Waals surface area contributed by atoms with Gasteiger partial charge in [-0.2, -0.15) is 0 Å². The molecule has 1 aliphatic heterocycles. The number of benzene rings is 2. The molecular formula is C20H23FN4O2. The van der Waals surface area contributed by atoms with E-state index in [1.807, 2.05) is 30.3 Å². The molecule has 0 spiro atoms. The zero-order chi connectivity index (χ0) is 19.2. The predicted molar refractivity (Wildman–Crippen MR) is 103 cm³/mol. The fraction of sp³-hybridized carbons (Fsp3) is 0.300. The number of nitrogens with one attached hydrogen (secondary N) is 2. The molecule has 0 saturated carbocycles. The van der Waals surface area contributed by atoms with Crippen LogP contribution in [0, 0.1) is 5.82 Å². The number of hydrogen-bond acceptors (Lipinski definition) is 3. The zero-order valence-electron chi connectivity index (χ0n) is 15.2. The molecule has 1 heterocycles. The van der Waals surface area contributed by atoms with Gasteiger partial charge in [-0.25, -0.2) is 9.18 Å². The first-order valence-corrected chi connectivity index (χ1v) is 8.95. The highest BCUT2D eigenvalue weighted by Gasteiger charge is 2.24. The first-order chi connectivity index (χ1) is 13.0. The Hall–Kier alpha value is -3.09. The second-order valence-corrected chi connectivity index (χ2v) is 6.45. The van der Waals surface area contributed by atoms with Gasteiger partial charge in [0.15, 0.2) is 0 Å². The normalized spacial score (nSPS) is 15.2. The van der Waals surface area contributed by atoms with Crippen molar-refractivity contribution in [3.8, 4) is 0 Å². The largest absolute Gasteiger partial charge is 0.368 e. The molecule has 2 aromatic carbocycles. The molecule has 6 nitrogen and oxygen atoms in total. The van der Waals surface area contributed by atoms with Crippen LogP contribution in [0.5, 0.6) is 0 Å². The SMILES string of the molecule is C[C@H](NC(=O)N1CCN(c2ccccc2)CC1)C(=O)Nc1ccccc1F. The number of hydrogen-bond donors (Lipinski definition) is 2. The third-order valence-corrected chi connectivity index (χ3v) is 4.55. The minimum absolute atomic E-state index is 0.0973. The van der Waals surface area contributed by atoms with Gasteiger partial charge in [0, 0.05) is 31.9 Å². The summed E-state index contributed by atoms with van der Waals surface area (Å²) < 4.78 is 13.6. The molecule has 1 fully saturated rings. The summed E-state index contributed by atoms with van der Waals surface area (Å²) in [6.45, 7) is 4.18. The van der Waals surface area contributed by atoms with Gasteiger partial charge in [-0.1, -0.05) is 30.3 Å². The van der Waals surface area contributed by atoms with Crippen LogP contribution in [0.1, 0.15) is 6.92 Å². The fourth-order valence-corrected chi connectivity index (χ4v) is 2.95. The number of amides is 3. The van der Waals surface area contributed by atoms with E-state index < -0.39 is 17.8 Å². The summed E-state index contributed by atoms with van der Waals surface area (Å²) in [6.07, 6.45) is 0. The number of carbonyl (C=O) groups is 2. The van der Waals surface area contributed by atoms with Crippen LogP contribution in [0.4, 0.5) is 20.6 Å². The summed E-state index contributed by atoms with van der Waals surface area (Å²) in [4.78, 5) is 28.5. The summed E-state index contributed by atoms with van der Waals surface area (Å²) in [5.41, 5.74) is 1.23. The first-order valence-electron chi connectivity index (χ1n) is 8.95. The van der Waals surface area contributed by atoms with E-state index in [1.54, 1.807) is 24.0 Å². The van der Waals surface area contributed by atoms with Crippen molar-refractivity contribution in [3.05, 3.63) is 60.4 Å². The number of para-hydroxylation sites is 2. The second-order valence-electron chi connectivity index (χ2n) is 6.45. The number of rotatable bonds is 4. The molecule has 3 amide bonds. The second kappa shape index (κ2) is 8.53. The quantitative estimate of drug-likeness (QED) is 0.870. The predicted octanol–water partition coefficient (Wildman–Crippen LogP) is 2.68. The van der Waals surface area contributed by atoms with Crippen LogP contribution in [0.2, 0.25) is 0 Å². The molecule has 1 atom stereocenters. The monoisotopic (exact) mass is 370 g/mol. The number of carbonyl (C=O) groups excluding carboxylic acids is 2. The molecule has 0 aromatic heterocycles. The van der Waals surface area contributed by atoms with E-state index in [-0.39, 0.29) is 11.7 Å². The summed E-state index contributed by atoms with van der Waals surface area (Å²) in [6, 6.07) is 14.9. The lowest BCUT2D eigenvalue weighted by atomic mass is 10.2. The molecule has 142 valence electrons. The van der Waals surface area contributed by atoms with Gasteiger partial charge in [0.1, 0.15) is 11.9 Å². The van der Waals surface area contributed by atoms with Crippen LogP contribution >= 0.6 is 0 Å². The van der Waals surface area contributed by atoms with E-state index >= 15 is 0 Å². The highest BCUT2D eigenvalue weighted by atomic mass is 19.1. The Labute approximate surface area is 158 Å². The maximum atomic E-state index is 13.6. The van der Waals surface area contributed by atoms with Crippen LogP contribution in [-0.4, -0.2) is 49.1 Å². The molecule has 0 unspecified atom stereocenters. The first kappa shape index (κ1) is 18.7. The van der Waals surface area contributed by atoms with Crippen molar-refractivity contribution in [1.82, 2.24) is 10.2 Å². The molecule has 7 heteroatoms. The molecule has 2 N–H and O–H groups in total. The average Bonchev–Trinajstić information content (AvgIpc) is 2.70. The van der Waals surface area contributed by atoms with Crippen molar-refractivity contribution in [1.29, 1.82) is 0 Å². The highest BCUT2D eigenvalue weighted by Crippen LogP contribution is 2.16. The fourth-order valence-electron chi connectivity index (χ4n) is 2.95. The van der Waals surface area contributed by atoms with Gasteiger partial charge in [-0.3, -0.25) is 4.79 Å². The zero-order valence-corrected chi connectivity index (χ0v) is 15.2. The number of halogens is 1. The topological polar surface area (TPSA) is 64.7 Å². The Morgan fingerprint density at radius 2 is 1.59 bits per heavy atom. The van der Waals surface area contributed by atoms with Crippen molar-refractivity contribution in [2.45, 2.75) is 13.0 Å². The van der Waals surface area contributed by atoms with Crippen LogP contribution in [0.3, 0.4) is 0 Å². The molecule has 3 rings (SSSR count). The van der Waals surface area contributed by atoms with Crippen molar-refractivity contribution in [3.63, 3.8) is 0 Å². The number of nitrogens with zero attached hydrogens (tertiary/aromatic N) is 2. The Kier molecular flexibility index (Phi) is 5.90. The van der Waals surface area contributed by atoms with Crippen LogP contribution in [0.15, 0.2) is 54.6 Å². The van der Waals surface area contributed by atoms with Crippen molar-refractivity contribution < 1.29 is 14.0 Å². The van der Waals surface area contributed by atoms with Crippen LogP contribution < -0.4 is 15.5 Å². The Morgan fingerprint density at radius 1 is 0.963 bits per heavy atom. The van der Waals surface area contributed by atoms with E-state index in [0.717, 1.165) is 18.8 Å². The van der Waals surface area contributed by atoms with Gasteiger partial charge in [-0.05, 0) is 31.2 Å². The Morgan fingerprint density at radius 3 is 2.26 bits per heavy atom. The van der Waals surface area contributed by atoms with Gasteiger partial charge in [-0.15, -0.1) is 0 Å². The van der Waals surface area contributed by atoms with Crippen molar-refractivity contribution in [2.24, 2.45) is 0 Å². The number of piperazine rings is 1. The van der Waals surface area contributed by atoms with Crippen LogP contribution in [-0.2, 0) is 4.79 Å². The molecular weight excluding hydrogens is 347 g/mol. The van der Waals surface area contributed by atoms with Gasteiger partial charge in [0.25, 0.3) is 0 Å². The number of urea groups is 1. The van der Waals surface area contributed by atoms with Crippen molar-refractivity contribution >= 4 is 23.3 Å². The van der Waals surface area contributed by atoms with E-state index in [2.05, 4.69) is 15.5 Å².